The molecule has 0 aromatic rings. The van der Waals surface area contributed by atoms with E-state index in [1.807, 2.05) is 0 Å². The Morgan fingerprint density at radius 3 is 2.70 bits per heavy atom. The van der Waals surface area contributed by atoms with E-state index < -0.39 is 6.16 Å². The van der Waals surface area contributed by atoms with Crippen LogP contribution >= 0.6 is 0 Å². The predicted octanol–water partition coefficient (Wildman–Crippen LogP) is 1.77. The number of hydrogen-bond acceptors (Lipinski definition) is 3. The standard InChI is InChI=1S/C7H13O3/c1-3-4-5-6-10-7(8)9-2/h1,3-6H2,2H3. The van der Waals surface area contributed by atoms with Gasteiger partial charge in [-0.15, -0.1) is 0 Å². The topological polar surface area (TPSA) is 35.5 Å². The van der Waals surface area contributed by atoms with Gasteiger partial charge in [-0.25, -0.2) is 4.79 Å². The highest BCUT2D eigenvalue weighted by atomic mass is 16.7. The van der Waals surface area contributed by atoms with Crippen molar-refractivity contribution in [3.05, 3.63) is 6.92 Å². The highest BCUT2D eigenvalue weighted by molar-refractivity contribution is 5.59. The molecule has 1 radical (unpaired) electrons. The van der Waals surface area contributed by atoms with Crippen molar-refractivity contribution in [1.82, 2.24) is 0 Å². The van der Waals surface area contributed by atoms with Crippen LogP contribution in [-0.2, 0) is 9.47 Å². The summed E-state index contributed by atoms with van der Waals surface area (Å²) in [6.45, 7) is 4.08. The molecule has 10 heavy (non-hydrogen) atoms. The van der Waals surface area contributed by atoms with Gasteiger partial charge in [0, 0.05) is 0 Å². The monoisotopic (exact) mass is 145 g/mol. The zero-order valence-electron chi connectivity index (χ0n) is 6.26. The Hall–Kier alpha value is -0.730. The zero-order valence-corrected chi connectivity index (χ0v) is 6.26. The molecule has 0 atom stereocenters. The third-order valence-corrected chi connectivity index (χ3v) is 1.03. The van der Waals surface area contributed by atoms with E-state index in [2.05, 4.69) is 16.4 Å². The molecule has 0 aromatic heterocycles. The molecule has 0 bridgehead atoms. The summed E-state index contributed by atoms with van der Waals surface area (Å²) >= 11 is 0. The Balaban J connectivity index is 2.96. The summed E-state index contributed by atoms with van der Waals surface area (Å²) in [6.07, 6.45) is 2.11. The molecular weight excluding hydrogens is 132 g/mol. The van der Waals surface area contributed by atoms with Crippen LogP contribution in [0.3, 0.4) is 0 Å². The fourth-order valence-corrected chi connectivity index (χ4v) is 0.493. The minimum absolute atomic E-state index is 0.433. The average molecular weight is 145 g/mol. The average Bonchev–Trinajstić information content (AvgIpc) is 1.98. The van der Waals surface area contributed by atoms with Gasteiger partial charge in [0.15, 0.2) is 0 Å². The van der Waals surface area contributed by atoms with Crippen molar-refractivity contribution in [2.24, 2.45) is 0 Å². The fraction of sp³-hybridized carbons (Fsp3) is 0.714. The molecule has 0 aliphatic rings. The van der Waals surface area contributed by atoms with Gasteiger partial charge in [0.2, 0.25) is 0 Å². The van der Waals surface area contributed by atoms with E-state index in [9.17, 15) is 4.79 Å². The van der Waals surface area contributed by atoms with Crippen LogP contribution in [0.15, 0.2) is 0 Å². The Morgan fingerprint density at radius 2 is 2.20 bits per heavy atom. The van der Waals surface area contributed by atoms with Gasteiger partial charge in [-0.1, -0.05) is 19.8 Å². The van der Waals surface area contributed by atoms with Crippen molar-refractivity contribution in [3.63, 3.8) is 0 Å². The number of carbonyl (C=O) groups is 1. The van der Waals surface area contributed by atoms with E-state index in [0.29, 0.717) is 6.61 Å². The summed E-state index contributed by atoms with van der Waals surface area (Å²) in [6, 6.07) is 0. The molecule has 0 saturated carbocycles. The molecule has 0 unspecified atom stereocenters. The van der Waals surface area contributed by atoms with E-state index >= 15 is 0 Å². The number of unbranched alkanes of at least 4 members (excludes halogenated alkanes) is 2. The maximum atomic E-state index is 10.3. The van der Waals surface area contributed by atoms with Gasteiger partial charge in [0.1, 0.15) is 0 Å². The second-order valence-corrected chi connectivity index (χ2v) is 1.86. The normalized spacial score (nSPS) is 9.00. The van der Waals surface area contributed by atoms with Crippen LogP contribution in [0.2, 0.25) is 0 Å². The summed E-state index contributed by atoms with van der Waals surface area (Å²) in [5.74, 6) is 0. The third kappa shape index (κ3) is 5.41. The number of rotatable bonds is 4. The number of ether oxygens (including phenoxy) is 2. The minimum atomic E-state index is -0.607. The Labute approximate surface area is 61.3 Å². The van der Waals surface area contributed by atoms with E-state index in [1.54, 1.807) is 0 Å². The van der Waals surface area contributed by atoms with Crippen molar-refractivity contribution in [2.75, 3.05) is 13.7 Å². The molecule has 3 nitrogen and oxygen atoms in total. The molecule has 59 valence electrons. The lowest BCUT2D eigenvalue weighted by molar-refractivity contribution is 0.0715. The molecule has 0 saturated heterocycles. The van der Waals surface area contributed by atoms with E-state index in [4.69, 9.17) is 0 Å². The minimum Gasteiger partial charge on any atom is -0.438 e. The SMILES string of the molecule is [CH2]CCCCOC(=O)OC. The van der Waals surface area contributed by atoms with Gasteiger partial charge >= 0.3 is 6.16 Å². The largest absolute Gasteiger partial charge is 0.507 e. The molecule has 0 fully saturated rings. The maximum Gasteiger partial charge on any atom is 0.507 e. The second-order valence-electron chi connectivity index (χ2n) is 1.86. The molecule has 0 spiro atoms. The lowest BCUT2D eigenvalue weighted by atomic mass is 10.3. The number of hydrogen-bond donors (Lipinski definition) is 0. The van der Waals surface area contributed by atoms with Gasteiger partial charge in [-0.2, -0.15) is 0 Å². The molecular formula is C7H13O3. The van der Waals surface area contributed by atoms with Crippen LogP contribution in [0.5, 0.6) is 0 Å². The third-order valence-electron chi connectivity index (χ3n) is 1.03. The first-order valence-electron chi connectivity index (χ1n) is 3.31. The van der Waals surface area contributed by atoms with Crippen LogP contribution in [-0.4, -0.2) is 19.9 Å². The van der Waals surface area contributed by atoms with Crippen molar-refractivity contribution in [1.29, 1.82) is 0 Å². The quantitative estimate of drug-likeness (QED) is 0.446. The van der Waals surface area contributed by atoms with Gasteiger partial charge in [0.05, 0.1) is 13.7 Å². The smallest absolute Gasteiger partial charge is 0.438 e. The summed E-state index contributed by atoms with van der Waals surface area (Å²) in [4.78, 5) is 10.3. The molecule has 3 heteroatoms. The Bertz CT molecular complexity index is 90.9. The van der Waals surface area contributed by atoms with Gasteiger partial charge in [0.25, 0.3) is 0 Å². The zero-order chi connectivity index (χ0) is 7.82. The van der Waals surface area contributed by atoms with Crippen molar-refractivity contribution >= 4 is 6.16 Å². The van der Waals surface area contributed by atoms with Gasteiger partial charge in [-0.3, -0.25) is 0 Å². The second kappa shape index (κ2) is 6.39. The molecule has 0 aliphatic carbocycles. The van der Waals surface area contributed by atoms with E-state index in [1.165, 1.54) is 7.11 Å². The number of carbonyl (C=O) groups excluding carboxylic acids is 1. The van der Waals surface area contributed by atoms with Crippen LogP contribution in [0, 0.1) is 6.92 Å². The number of methoxy groups -OCH3 is 1. The lowest BCUT2D eigenvalue weighted by Crippen LogP contribution is -2.04. The fourth-order valence-electron chi connectivity index (χ4n) is 0.493. The molecule has 0 heterocycles. The first-order chi connectivity index (χ1) is 4.81. The highest BCUT2D eigenvalue weighted by Gasteiger charge is 1.97. The summed E-state index contributed by atoms with van der Waals surface area (Å²) < 4.78 is 8.86. The van der Waals surface area contributed by atoms with Crippen molar-refractivity contribution in [3.8, 4) is 0 Å². The summed E-state index contributed by atoms with van der Waals surface area (Å²) in [7, 11) is 1.30. The molecule has 0 N–H and O–H groups in total. The predicted molar refractivity (Wildman–Crippen MR) is 37.6 cm³/mol. The van der Waals surface area contributed by atoms with Crippen LogP contribution in [0.4, 0.5) is 4.79 Å². The van der Waals surface area contributed by atoms with E-state index in [-0.39, 0.29) is 0 Å². The summed E-state index contributed by atoms with van der Waals surface area (Å²) in [5.41, 5.74) is 0. The molecule has 0 rings (SSSR count). The first-order valence-corrected chi connectivity index (χ1v) is 3.31. The molecule has 0 aromatic carbocycles. The van der Waals surface area contributed by atoms with Crippen molar-refractivity contribution in [2.45, 2.75) is 19.3 Å². The summed E-state index contributed by atoms with van der Waals surface area (Å²) in [5, 5.41) is 0. The van der Waals surface area contributed by atoms with Gasteiger partial charge in [-0.05, 0) is 6.42 Å². The van der Waals surface area contributed by atoms with Gasteiger partial charge < -0.3 is 9.47 Å². The van der Waals surface area contributed by atoms with Crippen molar-refractivity contribution < 1.29 is 14.3 Å². The molecule has 0 aliphatic heterocycles. The van der Waals surface area contributed by atoms with Crippen LogP contribution < -0.4 is 0 Å². The first kappa shape index (κ1) is 9.27. The maximum absolute atomic E-state index is 10.3. The van der Waals surface area contributed by atoms with Crippen LogP contribution in [0.1, 0.15) is 19.3 Å². The van der Waals surface area contributed by atoms with E-state index in [0.717, 1.165) is 19.3 Å². The Morgan fingerprint density at radius 1 is 1.50 bits per heavy atom. The molecule has 0 amide bonds. The lowest BCUT2D eigenvalue weighted by Gasteiger charge is -2.00. The Kier molecular flexibility index (Phi) is 5.92. The van der Waals surface area contributed by atoms with Crippen LogP contribution in [0.25, 0.3) is 0 Å². The highest BCUT2D eigenvalue weighted by Crippen LogP contribution is 1.94.